The second-order valence-corrected chi connectivity index (χ2v) is 5.46. The van der Waals surface area contributed by atoms with Gasteiger partial charge in [0.15, 0.2) is 0 Å². The van der Waals surface area contributed by atoms with Crippen molar-refractivity contribution in [2.45, 2.75) is 0 Å². The highest BCUT2D eigenvalue weighted by Crippen LogP contribution is 2.35. The van der Waals surface area contributed by atoms with Crippen molar-refractivity contribution in [2.75, 3.05) is 13.1 Å². The summed E-state index contributed by atoms with van der Waals surface area (Å²) in [5.41, 5.74) is 0. The average Bonchev–Trinajstić information content (AvgIpc) is 2.76. The van der Waals surface area contributed by atoms with Crippen LogP contribution in [0.2, 0.25) is 5.02 Å². The van der Waals surface area contributed by atoms with E-state index < -0.39 is 0 Å². The Morgan fingerprint density at radius 3 is 2.47 bits per heavy atom. The van der Waals surface area contributed by atoms with Crippen molar-refractivity contribution in [2.24, 2.45) is 0 Å². The predicted octanol–water partition coefficient (Wildman–Crippen LogP) is 4.37. The minimum atomic E-state index is -0.0778. The van der Waals surface area contributed by atoms with E-state index in [1.807, 2.05) is 24.3 Å². The number of carbonyl (C=O) groups excluding carboxylic acids is 1. The summed E-state index contributed by atoms with van der Waals surface area (Å²) < 4.78 is 1.02. The smallest absolute Gasteiger partial charge is 0.266 e. The lowest BCUT2D eigenvalue weighted by atomic mass is 10.2. The summed E-state index contributed by atoms with van der Waals surface area (Å²) in [4.78, 5) is 14.7. The zero-order chi connectivity index (χ0) is 13.8. The minimum Gasteiger partial charge on any atom is -0.330 e. The van der Waals surface area contributed by atoms with Gasteiger partial charge in [-0.05, 0) is 6.07 Å². The van der Waals surface area contributed by atoms with Crippen molar-refractivity contribution in [3.63, 3.8) is 0 Å². The lowest BCUT2D eigenvalue weighted by Gasteiger charge is -2.18. The van der Waals surface area contributed by atoms with Crippen LogP contribution in [0.1, 0.15) is 9.67 Å². The van der Waals surface area contributed by atoms with Gasteiger partial charge in [-0.3, -0.25) is 4.79 Å². The first-order valence-corrected chi connectivity index (χ1v) is 7.06. The Labute approximate surface area is 121 Å². The summed E-state index contributed by atoms with van der Waals surface area (Å²) in [6.45, 7) is 8.30. The van der Waals surface area contributed by atoms with E-state index in [1.165, 1.54) is 11.3 Å². The molecule has 0 aliphatic carbocycles. The second-order valence-electron chi connectivity index (χ2n) is 4.03. The fourth-order valence-electron chi connectivity index (χ4n) is 1.85. The van der Waals surface area contributed by atoms with E-state index in [9.17, 15) is 4.79 Å². The van der Waals surface area contributed by atoms with Crippen LogP contribution in [0.15, 0.2) is 49.6 Å². The molecule has 0 unspecified atom stereocenters. The third-order valence-corrected chi connectivity index (χ3v) is 4.38. The largest absolute Gasteiger partial charge is 0.330 e. The van der Waals surface area contributed by atoms with Gasteiger partial charge in [-0.1, -0.05) is 42.0 Å². The molecular weight excluding hydrogens is 278 g/mol. The van der Waals surface area contributed by atoms with E-state index in [4.69, 9.17) is 11.6 Å². The molecule has 1 aromatic carbocycles. The van der Waals surface area contributed by atoms with Crippen molar-refractivity contribution < 1.29 is 4.79 Å². The SMILES string of the molecule is C=CCN(CC=C)C(=O)c1sc2ccccc2c1Cl. The van der Waals surface area contributed by atoms with Crippen LogP contribution in [0.5, 0.6) is 0 Å². The van der Waals surface area contributed by atoms with E-state index in [0.717, 1.165) is 10.1 Å². The molecule has 19 heavy (non-hydrogen) atoms. The number of fused-ring (bicyclic) bond motifs is 1. The monoisotopic (exact) mass is 291 g/mol. The molecule has 0 spiro atoms. The van der Waals surface area contributed by atoms with E-state index in [2.05, 4.69) is 13.2 Å². The molecule has 98 valence electrons. The highest BCUT2D eigenvalue weighted by atomic mass is 35.5. The highest BCUT2D eigenvalue weighted by molar-refractivity contribution is 7.21. The van der Waals surface area contributed by atoms with Crippen LogP contribution in [0, 0.1) is 0 Å². The molecule has 0 bridgehead atoms. The van der Waals surface area contributed by atoms with Crippen LogP contribution in [0.4, 0.5) is 0 Å². The van der Waals surface area contributed by atoms with Gasteiger partial charge in [0.1, 0.15) is 4.88 Å². The van der Waals surface area contributed by atoms with E-state index in [0.29, 0.717) is 23.0 Å². The summed E-state index contributed by atoms with van der Waals surface area (Å²) in [5.74, 6) is -0.0778. The molecule has 2 aromatic rings. The van der Waals surface area contributed by atoms with Crippen LogP contribution in [0.3, 0.4) is 0 Å². The Morgan fingerprint density at radius 2 is 1.89 bits per heavy atom. The quantitative estimate of drug-likeness (QED) is 0.749. The van der Waals surface area contributed by atoms with Gasteiger partial charge in [0.2, 0.25) is 0 Å². The standard InChI is InChI=1S/C15H14ClNOS/c1-3-9-17(10-4-2)15(18)14-13(16)11-7-5-6-8-12(11)19-14/h3-8H,1-2,9-10H2. The van der Waals surface area contributed by atoms with Crippen LogP contribution in [-0.4, -0.2) is 23.9 Å². The first kappa shape index (κ1) is 13.8. The summed E-state index contributed by atoms with van der Waals surface area (Å²) in [7, 11) is 0. The molecule has 0 saturated carbocycles. The van der Waals surface area contributed by atoms with Crippen molar-refractivity contribution in [1.82, 2.24) is 4.90 Å². The van der Waals surface area contributed by atoms with Gasteiger partial charge in [0.05, 0.1) is 5.02 Å². The normalized spacial score (nSPS) is 10.4. The van der Waals surface area contributed by atoms with Gasteiger partial charge in [-0.25, -0.2) is 0 Å². The molecule has 0 radical (unpaired) electrons. The average molecular weight is 292 g/mol. The number of amides is 1. The van der Waals surface area contributed by atoms with Crippen molar-refractivity contribution in [3.05, 3.63) is 59.5 Å². The summed E-state index contributed by atoms with van der Waals surface area (Å²) in [6, 6.07) is 7.75. The topological polar surface area (TPSA) is 20.3 Å². The molecule has 0 fully saturated rings. The Morgan fingerprint density at radius 1 is 1.26 bits per heavy atom. The van der Waals surface area contributed by atoms with Gasteiger partial charge in [0, 0.05) is 23.2 Å². The number of thiophene rings is 1. The van der Waals surface area contributed by atoms with Gasteiger partial charge >= 0.3 is 0 Å². The van der Waals surface area contributed by atoms with Gasteiger partial charge in [-0.15, -0.1) is 24.5 Å². The number of benzene rings is 1. The van der Waals surface area contributed by atoms with E-state index in [1.54, 1.807) is 17.1 Å². The van der Waals surface area contributed by atoms with Crippen molar-refractivity contribution in [3.8, 4) is 0 Å². The number of hydrogen-bond donors (Lipinski definition) is 0. The minimum absolute atomic E-state index is 0.0778. The Hall–Kier alpha value is -1.58. The van der Waals surface area contributed by atoms with Gasteiger partial charge in [-0.2, -0.15) is 0 Å². The van der Waals surface area contributed by atoms with Crippen LogP contribution < -0.4 is 0 Å². The maximum atomic E-state index is 12.5. The van der Waals surface area contributed by atoms with Gasteiger partial charge < -0.3 is 4.90 Å². The molecular formula is C15H14ClNOS. The number of hydrogen-bond acceptors (Lipinski definition) is 2. The van der Waals surface area contributed by atoms with E-state index in [-0.39, 0.29) is 5.91 Å². The molecule has 2 rings (SSSR count). The maximum Gasteiger partial charge on any atom is 0.266 e. The van der Waals surface area contributed by atoms with Crippen LogP contribution in [-0.2, 0) is 0 Å². The first-order chi connectivity index (χ1) is 9.19. The summed E-state index contributed by atoms with van der Waals surface area (Å²) in [6.07, 6.45) is 3.39. The number of nitrogens with zero attached hydrogens (tertiary/aromatic N) is 1. The molecule has 0 atom stereocenters. The van der Waals surface area contributed by atoms with Crippen LogP contribution >= 0.6 is 22.9 Å². The highest BCUT2D eigenvalue weighted by Gasteiger charge is 2.20. The fraction of sp³-hybridized carbons (Fsp3) is 0.133. The third-order valence-electron chi connectivity index (χ3n) is 2.72. The van der Waals surface area contributed by atoms with Gasteiger partial charge in [0.25, 0.3) is 5.91 Å². The first-order valence-electron chi connectivity index (χ1n) is 5.87. The zero-order valence-corrected chi connectivity index (χ0v) is 12.0. The second kappa shape index (κ2) is 6.04. The molecule has 0 aliphatic rings. The molecule has 2 nitrogen and oxygen atoms in total. The number of halogens is 1. The number of rotatable bonds is 5. The molecule has 4 heteroatoms. The predicted molar refractivity (Wildman–Crippen MR) is 83.1 cm³/mol. The van der Waals surface area contributed by atoms with Crippen LogP contribution in [0.25, 0.3) is 10.1 Å². The molecule has 1 aromatic heterocycles. The zero-order valence-electron chi connectivity index (χ0n) is 10.4. The molecule has 0 saturated heterocycles. The van der Waals surface area contributed by atoms with Crippen molar-refractivity contribution in [1.29, 1.82) is 0 Å². The summed E-state index contributed by atoms with van der Waals surface area (Å²) in [5, 5.41) is 1.46. The number of carbonyl (C=O) groups is 1. The summed E-state index contributed by atoms with van der Waals surface area (Å²) >= 11 is 7.73. The fourth-order valence-corrected chi connectivity index (χ4v) is 3.33. The van der Waals surface area contributed by atoms with E-state index >= 15 is 0 Å². The molecule has 0 aliphatic heterocycles. The van der Waals surface area contributed by atoms with Crippen molar-refractivity contribution >= 4 is 38.9 Å². The maximum absolute atomic E-state index is 12.5. The lowest BCUT2D eigenvalue weighted by molar-refractivity contribution is 0.0796. The Kier molecular flexibility index (Phi) is 4.40. The molecule has 0 N–H and O–H groups in total. The molecule has 1 heterocycles. The Balaban J connectivity index is 2.42. The molecule has 1 amide bonds. The Bertz CT molecular complexity index is 622. The third kappa shape index (κ3) is 2.72. The lowest BCUT2D eigenvalue weighted by Crippen LogP contribution is -2.30.